The molecule has 1 amide bonds. The number of amides is 1. The van der Waals surface area contributed by atoms with E-state index in [4.69, 9.17) is 25.8 Å². The quantitative estimate of drug-likeness (QED) is 0.884. The molecule has 1 saturated carbocycles. The minimum Gasteiger partial charge on any atom is -0.460 e. The van der Waals surface area contributed by atoms with Gasteiger partial charge in [0, 0.05) is 11.6 Å². The Bertz CT molecular complexity index is 792. The minimum atomic E-state index is -0.103. The number of ether oxygens (including phenoxy) is 3. The summed E-state index contributed by atoms with van der Waals surface area (Å²) in [5, 5.41) is 3.56. The molecule has 1 fully saturated rings. The molecule has 136 valence electrons. The molecular weight excluding hydrogens is 358 g/mol. The number of fused-ring (bicyclic) bond motifs is 1. The summed E-state index contributed by atoms with van der Waals surface area (Å²) in [5.41, 5.74) is 0.571. The van der Waals surface area contributed by atoms with Gasteiger partial charge in [0.1, 0.15) is 6.10 Å². The van der Waals surface area contributed by atoms with Crippen molar-refractivity contribution in [3.8, 4) is 17.5 Å². The van der Waals surface area contributed by atoms with Gasteiger partial charge in [0.25, 0.3) is 5.91 Å². The van der Waals surface area contributed by atoms with Crippen molar-refractivity contribution in [3.05, 3.63) is 41.2 Å². The van der Waals surface area contributed by atoms with Gasteiger partial charge in [0.05, 0.1) is 17.4 Å². The zero-order chi connectivity index (χ0) is 17.9. The molecule has 1 aromatic carbocycles. The van der Waals surface area contributed by atoms with Gasteiger partial charge in [-0.15, -0.1) is 0 Å². The molecule has 1 aliphatic carbocycles. The number of nitrogens with zero attached hydrogens (tertiary/aromatic N) is 2. The number of nitrogens with one attached hydrogen (secondary N) is 1. The summed E-state index contributed by atoms with van der Waals surface area (Å²) in [5.74, 6) is 1.18. The van der Waals surface area contributed by atoms with Crippen LogP contribution in [0, 0.1) is 0 Å². The number of hydrogen-bond acceptors (Lipinski definition) is 6. The molecule has 2 aliphatic rings. The number of carbonyl (C=O) groups is 1. The molecule has 2 aromatic rings. The molecule has 0 bridgehead atoms. The summed E-state index contributed by atoms with van der Waals surface area (Å²) in [4.78, 5) is 20.5. The van der Waals surface area contributed by atoms with Gasteiger partial charge in [0.15, 0.2) is 11.5 Å². The van der Waals surface area contributed by atoms with E-state index in [1.165, 1.54) is 12.4 Å². The molecule has 0 atom stereocenters. The fourth-order valence-corrected chi connectivity index (χ4v) is 3.24. The smallest absolute Gasteiger partial charge is 0.316 e. The first kappa shape index (κ1) is 16.9. The minimum absolute atomic E-state index is 0.0508. The summed E-state index contributed by atoms with van der Waals surface area (Å²) in [6.07, 6.45) is 6.43. The van der Waals surface area contributed by atoms with Crippen molar-refractivity contribution >= 4 is 17.5 Å². The van der Waals surface area contributed by atoms with Crippen LogP contribution in [0.3, 0.4) is 0 Å². The highest BCUT2D eigenvalue weighted by molar-refractivity contribution is 6.30. The SMILES string of the molecule is O=C(NC1CCC(Oc2ncc(Cl)cn2)CC1)c1ccc2c(c1)OCO2. The molecule has 26 heavy (non-hydrogen) atoms. The van der Waals surface area contributed by atoms with E-state index in [9.17, 15) is 4.79 Å². The molecule has 0 unspecified atom stereocenters. The van der Waals surface area contributed by atoms with E-state index in [-0.39, 0.29) is 24.8 Å². The molecule has 1 N–H and O–H groups in total. The third kappa shape index (κ3) is 3.83. The summed E-state index contributed by atoms with van der Waals surface area (Å²) < 4.78 is 16.4. The number of hydrogen-bond donors (Lipinski definition) is 1. The maximum absolute atomic E-state index is 12.4. The fourth-order valence-electron chi connectivity index (χ4n) is 3.14. The zero-order valence-corrected chi connectivity index (χ0v) is 14.7. The van der Waals surface area contributed by atoms with Crippen molar-refractivity contribution in [1.82, 2.24) is 15.3 Å². The van der Waals surface area contributed by atoms with Crippen molar-refractivity contribution < 1.29 is 19.0 Å². The standard InChI is InChI=1S/C18H18ClN3O4/c19-12-8-20-18(21-9-12)26-14-4-2-13(3-5-14)22-17(23)11-1-6-15-16(7-11)25-10-24-15/h1,6-9,13-14H,2-5,10H2,(H,22,23). The number of carbonyl (C=O) groups excluding carboxylic acids is 1. The Kier molecular flexibility index (Phi) is 4.79. The van der Waals surface area contributed by atoms with Crippen molar-refractivity contribution in [2.24, 2.45) is 0 Å². The Morgan fingerprint density at radius 1 is 1.12 bits per heavy atom. The Hall–Kier alpha value is -2.54. The summed E-state index contributed by atoms with van der Waals surface area (Å²) in [7, 11) is 0. The average molecular weight is 376 g/mol. The van der Waals surface area contributed by atoms with Crippen LogP contribution < -0.4 is 19.5 Å². The van der Waals surface area contributed by atoms with Crippen LogP contribution in [0.25, 0.3) is 0 Å². The maximum Gasteiger partial charge on any atom is 0.316 e. The molecule has 0 saturated heterocycles. The molecule has 1 aromatic heterocycles. The molecule has 0 radical (unpaired) electrons. The van der Waals surface area contributed by atoms with Crippen molar-refractivity contribution in [3.63, 3.8) is 0 Å². The van der Waals surface area contributed by atoms with Gasteiger partial charge in [-0.2, -0.15) is 0 Å². The van der Waals surface area contributed by atoms with Crippen LogP contribution in [-0.4, -0.2) is 34.8 Å². The van der Waals surface area contributed by atoms with Gasteiger partial charge >= 0.3 is 6.01 Å². The second-order valence-corrected chi connectivity index (χ2v) is 6.75. The third-order valence-corrected chi connectivity index (χ3v) is 4.71. The first-order valence-corrected chi connectivity index (χ1v) is 8.90. The number of aromatic nitrogens is 2. The van der Waals surface area contributed by atoms with E-state index >= 15 is 0 Å². The molecule has 8 heteroatoms. The first-order chi connectivity index (χ1) is 12.7. The second-order valence-electron chi connectivity index (χ2n) is 6.32. The van der Waals surface area contributed by atoms with Gasteiger partial charge in [-0.25, -0.2) is 9.97 Å². The summed E-state index contributed by atoms with van der Waals surface area (Å²) in [6, 6.07) is 5.68. The van der Waals surface area contributed by atoms with Gasteiger partial charge in [-0.05, 0) is 43.9 Å². The predicted octanol–water partition coefficient (Wildman–Crippen LogP) is 2.98. The van der Waals surface area contributed by atoms with E-state index in [2.05, 4.69) is 15.3 Å². The normalized spacial score (nSPS) is 21.3. The van der Waals surface area contributed by atoms with E-state index < -0.39 is 0 Å². The molecule has 1 aliphatic heterocycles. The molecule has 4 rings (SSSR count). The van der Waals surface area contributed by atoms with Gasteiger partial charge in [-0.3, -0.25) is 4.79 Å². The topological polar surface area (TPSA) is 82.6 Å². The highest BCUT2D eigenvalue weighted by atomic mass is 35.5. The molecule has 7 nitrogen and oxygen atoms in total. The largest absolute Gasteiger partial charge is 0.460 e. The average Bonchev–Trinajstić information content (AvgIpc) is 3.13. The Morgan fingerprint density at radius 2 is 1.85 bits per heavy atom. The third-order valence-electron chi connectivity index (χ3n) is 4.51. The highest BCUT2D eigenvalue weighted by Gasteiger charge is 2.25. The molecular formula is C18H18ClN3O4. The fraction of sp³-hybridized carbons (Fsp3) is 0.389. The van der Waals surface area contributed by atoms with Crippen LogP contribution in [0.2, 0.25) is 5.02 Å². The van der Waals surface area contributed by atoms with Gasteiger partial charge in [0.2, 0.25) is 6.79 Å². The Morgan fingerprint density at radius 3 is 2.62 bits per heavy atom. The van der Waals surface area contributed by atoms with E-state index in [1.54, 1.807) is 18.2 Å². The zero-order valence-electron chi connectivity index (χ0n) is 14.0. The van der Waals surface area contributed by atoms with E-state index in [1.807, 2.05) is 0 Å². The van der Waals surface area contributed by atoms with Crippen LogP contribution in [-0.2, 0) is 0 Å². The lowest BCUT2D eigenvalue weighted by Gasteiger charge is -2.28. The Balaban J connectivity index is 1.28. The number of rotatable bonds is 4. The maximum atomic E-state index is 12.4. The predicted molar refractivity (Wildman–Crippen MR) is 93.7 cm³/mol. The highest BCUT2D eigenvalue weighted by Crippen LogP contribution is 2.32. The van der Waals surface area contributed by atoms with Crippen LogP contribution in [0.4, 0.5) is 0 Å². The van der Waals surface area contributed by atoms with Crippen LogP contribution in [0.5, 0.6) is 17.5 Å². The summed E-state index contributed by atoms with van der Waals surface area (Å²) >= 11 is 5.77. The second kappa shape index (κ2) is 7.37. The van der Waals surface area contributed by atoms with Crippen LogP contribution >= 0.6 is 11.6 Å². The lowest BCUT2D eigenvalue weighted by molar-refractivity contribution is 0.0885. The van der Waals surface area contributed by atoms with E-state index in [0.29, 0.717) is 28.1 Å². The van der Waals surface area contributed by atoms with Crippen molar-refractivity contribution in [2.45, 2.75) is 37.8 Å². The summed E-state index contributed by atoms with van der Waals surface area (Å²) in [6.45, 7) is 0.196. The van der Waals surface area contributed by atoms with Crippen LogP contribution in [0.1, 0.15) is 36.0 Å². The number of benzene rings is 1. The van der Waals surface area contributed by atoms with Gasteiger partial charge in [-0.1, -0.05) is 11.6 Å². The van der Waals surface area contributed by atoms with Crippen molar-refractivity contribution in [2.75, 3.05) is 6.79 Å². The van der Waals surface area contributed by atoms with Crippen LogP contribution in [0.15, 0.2) is 30.6 Å². The van der Waals surface area contributed by atoms with E-state index in [0.717, 1.165) is 25.7 Å². The van der Waals surface area contributed by atoms with Crippen molar-refractivity contribution in [1.29, 1.82) is 0 Å². The first-order valence-electron chi connectivity index (χ1n) is 8.52. The molecule has 0 spiro atoms. The molecule has 2 heterocycles. The Labute approximate surface area is 155 Å². The van der Waals surface area contributed by atoms with Gasteiger partial charge < -0.3 is 19.5 Å². The lowest BCUT2D eigenvalue weighted by Crippen LogP contribution is -2.39. The number of halogens is 1. The monoisotopic (exact) mass is 375 g/mol. The lowest BCUT2D eigenvalue weighted by atomic mass is 9.92.